The number of rotatable bonds is 5. The average molecular weight is 421 g/mol. The Morgan fingerprint density at radius 3 is 2.86 bits per heavy atom. The number of hydrogen-bond acceptors (Lipinski definition) is 7. The first kappa shape index (κ1) is 19.5. The SMILES string of the molecule is O=S(=O)(c1ccc(F)cc1F)N1CCCC(Cc2nc(-c3cnccn3)no2)C1. The molecule has 0 aliphatic carbocycles. The topological polar surface area (TPSA) is 102 Å². The van der Waals surface area contributed by atoms with Crippen LogP contribution in [-0.2, 0) is 16.4 Å². The van der Waals surface area contributed by atoms with E-state index in [1.807, 2.05) is 0 Å². The van der Waals surface area contributed by atoms with Gasteiger partial charge in [-0.25, -0.2) is 22.2 Å². The van der Waals surface area contributed by atoms with Gasteiger partial charge in [0.05, 0.1) is 6.20 Å². The van der Waals surface area contributed by atoms with Gasteiger partial charge in [0.2, 0.25) is 21.7 Å². The highest BCUT2D eigenvalue weighted by molar-refractivity contribution is 7.89. The zero-order valence-electron chi connectivity index (χ0n) is 15.2. The number of piperidine rings is 1. The van der Waals surface area contributed by atoms with E-state index in [2.05, 4.69) is 20.1 Å². The Balaban J connectivity index is 1.48. The molecule has 0 spiro atoms. The fraction of sp³-hybridized carbons (Fsp3) is 0.333. The molecule has 0 amide bonds. The molecule has 152 valence electrons. The van der Waals surface area contributed by atoms with Gasteiger partial charge in [0.15, 0.2) is 0 Å². The zero-order valence-corrected chi connectivity index (χ0v) is 16.0. The highest BCUT2D eigenvalue weighted by Gasteiger charge is 2.33. The molecule has 0 radical (unpaired) electrons. The largest absolute Gasteiger partial charge is 0.339 e. The molecule has 1 saturated heterocycles. The summed E-state index contributed by atoms with van der Waals surface area (Å²) in [6.07, 6.45) is 6.32. The van der Waals surface area contributed by atoms with Gasteiger partial charge in [0.1, 0.15) is 22.2 Å². The summed E-state index contributed by atoms with van der Waals surface area (Å²) in [5.74, 6) is -1.33. The van der Waals surface area contributed by atoms with Crippen LogP contribution in [0.25, 0.3) is 11.5 Å². The summed E-state index contributed by atoms with van der Waals surface area (Å²) in [4.78, 5) is 11.8. The summed E-state index contributed by atoms with van der Waals surface area (Å²) in [5.41, 5.74) is 0.474. The van der Waals surface area contributed by atoms with E-state index in [4.69, 9.17) is 4.52 Å². The maximum Gasteiger partial charge on any atom is 0.245 e. The highest BCUT2D eigenvalue weighted by Crippen LogP contribution is 2.27. The van der Waals surface area contributed by atoms with Crippen LogP contribution in [0, 0.1) is 17.6 Å². The molecule has 3 aromatic rings. The van der Waals surface area contributed by atoms with Gasteiger partial charge in [-0.3, -0.25) is 4.98 Å². The molecule has 1 fully saturated rings. The van der Waals surface area contributed by atoms with Crippen molar-refractivity contribution in [1.29, 1.82) is 0 Å². The van der Waals surface area contributed by atoms with Crippen LogP contribution in [0.3, 0.4) is 0 Å². The van der Waals surface area contributed by atoms with Crippen LogP contribution < -0.4 is 0 Å². The third-order valence-electron chi connectivity index (χ3n) is 4.72. The molecule has 11 heteroatoms. The third-order valence-corrected chi connectivity index (χ3v) is 6.62. The Hall–Kier alpha value is -2.79. The maximum absolute atomic E-state index is 14.0. The molecular formula is C18H17F2N5O3S. The van der Waals surface area contributed by atoms with Crippen molar-refractivity contribution < 1.29 is 21.7 Å². The summed E-state index contributed by atoms with van der Waals surface area (Å²) in [7, 11) is -4.07. The molecule has 8 nitrogen and oxygen atoms in total. The van der Waals surface area contributed by atoms with E-state index in [1.54, 1.807) is 0 Å². The van der Waals surface area contributed by atoms with Crippen LogP contribution in [0.1, 0.15) is 18.7 Å². The summed E-state index contributed by atoms with van der Waals surface area (Å²) in [5, 5.41) is 3.88. The van der Waals surface area contributed by atoms with Gasteiger partial charge < -0.3 is 4.52 Å². The van der Waals surface area contributed by atoms with E-state index >= 15 is 0 Å². The van der Waals surface area contributed by atoms with Crippen LogP contribution in [0.2, 0.25) is 0 Å². The molecular weight excluding hydrogens is 404 g/mol. The van der Waals surface area contributed by atoms with Crippen LogP contribution in [-0.4, -0.2) is 45.9 Å². The van der Waals surface area contributed by atoms with Crippen molar-refractivity contribution in [1.82, 2.24) is 24.4 Å². The molecule has 1 aliphatic rings. The molecule has 2 aromatic heterocycles. The highest BCUT2D eigenvalue weighted by atomic mass is 32.2. The van der Waals surface area contributed by atoms with Gasteiger partial charge in [-0.05, 0) is 30.9 Å². The Morgan fingerprint density at radius 2 is 2.10 bits per heavy atom. The molecule has 1 unspecified atom stereocenters. The molecule has 29 heavy (non-hydrogen) atoms. The first-order chi connectivity index (χ1) is 13.9. The van der Waals surface area contributed by atoms with Crippen molar-refractivity contribution >= 4 is 10.0 Å². The summed E-state index contributed by atoms with van der Waals surface area (Å²) in [6.45, 7) is 0.451. The fourth-order valence-electron chi connectivity index (χ4n) is 3.34. The van der Waals surface area contributed by atoms with Gasteiger partial charge in [0.25, 0.3) is 0 Å². The molecule has 3 heterocycles. The first-order valence-corrected chi connectivity index (χ1v) is 10.4. The molecule has 1 aliphatic heterocycles. The quantitative estimate of drug-likeness (QED) is 0.623. The van der Waals surface area contributed by atoms with Crippen molar-refractivity contribution in [2.45, 2.75) is 24.2 Å². The summed E-state index contributed by atoms with van der Waals surface area (Å²) < 4.78 is 59.2. The zero-order chi connectivity index (χ0) is 20.4. The lowest BCUT2D eigenvalue weighted by Gasteiger charge is -2.31. The van der Waals surface area contributed by atoms with E-state index in [1.165, 1.54) is 22.9 Å². The van der Waals surface area contributed by atoms with Crippen LogP contribution in [0.5, 0.6) is 0 Å². The normalized spacial score (nSPS) is 18.1. The van der Waals surface area contributed by atoms with E-state index in [-0.39, 0.29) is 19.0 Å². The number of sulfonamides is 1. The molecule has 0 N–H and O–H groups in total. The Morgan fingerprint density at radius 1 is 1.24 bits per heavy atom. The summed E-state index contributed by atoms with van der Waals surface area (Å²) >= 11 is 0. The van der Waals surface area contributed by atoms with Crippen molar-refractivity contribution in [3.05, 3.63) is 54.3 Å². The van der Waals surface area contributed by atoms with Crippen molar-refractivity contribution in [2.24, 2.45) is 5.92 Å². The number of benzene rings is 1. The van der Waals surface area contributed by atoms with Gasteiger partial charge >= 0.3 is 0 Å². The first-order valence-electron chi connectivity index (χ1n) is 8.97. The lowest BCUT2D eigenvalue weighted by Crippen LogP contribution is -2.40. The Bertz CT molecular complexity index is 1110. The molecule has 0 saturated carbocycles. The maximum atomic E-state index is 14.0. The second-order valence-corrected chi connectivity index (χ2v) is 8.66. The average Bonchev–Trinajstić information content (AvgIpc) is 3.17. The van der Waals surface area contributed by atoms with E-state index < -0.39 is 26.6 Å². The predicted octanol–water partition coefficient (Wildman–Crippen LogP) is 2.45. The van der Waals surface area contributed by atoms with E-state index in [0.717, 1.165) is 18.6 Å². The van der Waals surface area contributed by atoms with Gasteiger partial charge in [-0.2, -0.15) is 9.29 Å². The number of halogens is 2. The van der Waals surface area contributed by atoms with Gasteiger partial charge in [-0.15, -0.1) is 0 Å². The van der Waals surface area contributed by atoms with Gasteiger partial charge in [0, 0.05) is 38.0 Å². The third kappa shape index (κ3) is 4.15. The molecule has 4 rings (SSSR count). The smallest absolute Gasteiger partial charge is 0.245 e. The fourth-order valence-corrected chi connectivity index (χ4v) is 4.94. The molecule has 1 aromatic carbocycles. The van der Waals surface area contributed by atoms with Crippen molar-refractivity contribution in [2.75, 3.05) is 13.1 Å². The Labute approximate surface area is 165 Å². The minimum atomic E-state index is -4.07. The standard InChI is InChI=1S/C18H17F2N5O3S/c19-13-3-4-16(14(20)9-13)29(26,27)25-7-1-2-12(11-25)8-17-23-18(24-28-17)15-10-21-5-6-22-15/h3-6,9-10,12H,1-2,7-8,11H2. The summed E-state index contributed by atoms with van der Waals surface area (Å²) in [6, 6.07) is 2.46. The lowest BCUT2D eigenvalue weighted by atomic mass is 9.96. The second kappa shape index (κ2) is 7.91. The predicted molar refractivity (Wildman–Crippen MR) is 96.9 cm³/mol. The molecule has 0 bridgehead atoms. The minimum absolute atomic E-state index is 0.0720. The molecule has 1 atom stereocenters. The van der Waals surface area contributed by atoms with E-state index in [0.29, 0.717) is 36.3 Å². The minimum Gasteiger partial charge on any atom is -0.339 e. The van der Waals surface area contributed by atoms with Crippen molar-refractivity contribution in [3.8, 4) is 11.5 Å². The number of nitrogens with zero attached hydrogens (tertiary/aromatic N) is 5. The van der Waals surface area contributed by atoms with Crippen LogP contribution >= 0.6 is 0 Å². The lowest BCUT2D eigenvalue weighted by molar-refractivity contribution is 0.246. The second-order valence-electron chi connectivity index (χ2n) is 6.75. The van der Waals surface area contributed by atoms with Crippen LogP contribution in [0.15, 0.2) is 46.2 Å². The van der Waals surface area contributed by atoms with Crippen LogP contribution in [0.4, 0.5) is 8.78 Å². The van der Waals surface area contributed by atoms with Gasteiger partial charge in [-0.1, -0.05) is 5.16 Å². The van der Waals surface area contributed by atoms with E-state index in [9.17, 15) is 17.2 Å². The Kier molecular flexibility index (Phi) is 5.33. The number of hydrogen-bond donors (Lipinski definition) is 0. The number of aromatic nitrogens is 4. The monoisotopic (exact) mass is 421 g/mol. The van der Waals surface area contributed by atoms with Crippen molar-refractivity contribution in [3.63, 3.8) is 0 Å².